The molecule has 0 aromatic rings. The summed E-state index contributed by atoms with van der Waals surface area (Å²) in [5.41, 5.74) is 0. The van der Waals surface area contributed by atoms with E-state index in [1.165, 1.54) is 0 Å². The highest BCUT2D eigenvalue weighted by Gasteiger charge is 1.90. The van der Waals surface area contributed by atoms with Crippen LogP contribution < -0.4 is 0 Å². The third-order valence-electron chi connectivity index (χ3n) is 0.743. The maximum atomic E-state index is 8.79. The Morgan fingerprint density at radius 1 is 2.17 bits per heavy atom. The molecule has 0 bridgehead atoms. The van der Waals surface area contributed by atoms with Crippen LogP contribution in [0.25, 0.3) is 0 Å². The highest BCUT2D eigenvalue weighted by atomic mass is 16.3. The van der Waals surface area contributed by atoms with Crippen LogP contribution in [0.5, 0.6) is 0 Å². The maximum Gasteiger partial charge on any atom is 0.0535 e. The van der Waals surface area contributed by atoms with Crippen molar-refractivity contribution in [3.8, 4) is 0 Å². The van der Waals surface area contributed by atoms with Crippen LogP contribution in [0.3, 0.4) is 0 Å². The molecule has 0 rings (SSSR count). The molecular weight excluding hydrogens is 76.1 g/mol. The van der Waals surface area contributed by atoms with Crippen LogP contribution in [0.2, 0.25) is 0 Å². The molecule has 1 nitrogen and oxygen atoms in total. The molecule has 1 heteroatoms. The molecule has 0 aromatic heterocycles. The average molecular weight is 91.2 g/mol. The zero-order valence-electron chi connectivity index (χ0n) is 6.02. The van der Waals surface area contributed by atoms with Crippen molar-refractivity contribution in [2.75, 3.05) is 0 Å². The van der Waals surface area contributed by atoms with Gasteiger partial charge in [0, 0.05) is 2.74 Å². The number of hydrogen-bond acceptors (Lipinski definition) is 1. The van der Waals surface area contributed by atoms with E-state index in [1.54, 1.807) is 0 Å². The van der Waals surface area contributed by atoms with Crippen LogP contribution in [-0.4, -0.2) is 11.2 Å². The van der Waals surface area contributed by atoms with E-state index in [9.17, 15) is 0 Å². The first kappa shape index (κ1) is 3.03. The summed E-state index contributed by atoms with van der Waals surface area (Å²) in [7, 11) is 0. The minimum absolute atomic E-state index is 0.274. The first-order chi connectivity index (χ1) is 3.66. The lowest BCUT2D eigenvalue weighted by Crippen LogP contribution is -1.99. The summed E-state index contributed by atoms with van der Waals surface area (Å²) in [5.74, 6) is 0. The molecule has 0 aliphatic carbocycles. The Bertz CT molecular complexity index is 56.4. The minimum atomic E-state index is -0.870. The van der Waals surface area contributed by atoms with Crippen molar-refractivity contribution in [1.29, 1.82) is 0 Å². The van der Waals surface area contributed by atoms with Crippen LogP contribution in [0, 0.1) is 0 Å². The standard InChI is InChI=1S/C5H12O/c1-3-5(6)4-2/h5-6H,3-4H2,1-2H3/i1TD. The van der Waals surface area contributed by atoms with Gasteiger partial charge >= 0.3 is 0 Å². The SMILES string of the molecule is [2H]C([3H])CC(O)CC. The second-order valence-corrected chi connectivity index (χ2v) is 1.30. The Labute approximate surface area is 41.8 Å². The molecular formula is C5H12O. The van der Waals surface area contributed by atoms with E-state index in [1.807, 2.05) is 6.92 Å². The Hall–Kier alpha value is -0.0400. The van der Waals surface area contributed by atoms with E-state index < -0.39 is 13.0 Å². The first-order valence-corrected chi connectivity index (χ1v) is 2.19. The molecule has 0 amide bonds. The number of hydrogen-bond donors (Lipinski definition) is 1. The van der Waals surface area contributed by atoms with Crippen LogP contribution in [0.1, 0.15) is 29.4 Å². The van der Waals surface area contributed by atoms with Gasteiger partial charge in [-0.05, 0) is 12.8 Å². The van der Waals surface area contributed by atoms with Crippen LogP contribution >= 0.6 is 0 Å². The second-order valence-electron chi connectivity index (χ2n) is 1.30. The van der Waals surface area contributed by atoms with E-state index in [0.717, 1.165) is 0 Å². The van der Waals surface area contributed by atoms with Crippen molar-refractivity contribution in [2.45, 2.75) is 32.7 Å². The molecule has 0 spiro atoms. The van der Waals surface area contributed by atoms with E-state index in [4.69, 9.17) is 7.85 Å². The quantitative estimate of drug-likeness (QED) is 0.540. The molecule has 0 saturated carbocycles. The smallest absolute Gasteiger partial charge is 0.0535 e. The van der Waals surface area contributed by atoms with Gasteiger partial charge in [0.15, 0.2) is 0 Å². The predicted molar refractivity (Wildman–Crippen MR) is 26.6 cm³/mol. The topological polar surface area (TPSA) is 20.2 Å². The fraction of sp³-hybridized carbons (Fsp3) is 1.00. The minimum Gasteiger partial charge on any atom is -0.393 e. The molecule has 0 saturated heterocycles. The molecule has 2 atom stereocenters. The van der Waals surface area contributed by atoms with Crippen molar-refractivity contribution in [2.24, 2.45) is 0 Å². The second kappa shape index (κ2) is 3.16. The molecule has 1 N–H and O–H groups in total. The van der Waals surface area contributed by atoms with Gasteiger partial charge in [-0.15, -0.1) is 0 Å². The van der Waals surface area contributed by atoms with Gasteiger partial charge < -0.3 is 5.11 Å². The van der Waals surface area contributed by atoms with Crippen molar-refractivity contribution >= 4 is 0 Å². The molecule has 0 radical (unpaired) electrons. The summed E-state index contributed by atoms with van der Waals surface area (Å²) >= 11 is 0. The monoisotopic (exact) mass is 91.1 g/mol. The largest absolute Gasteiger partial charge is 0.393 e. The fourth-order valence-electron chi connectivity index (χ4n) is 0.167. The van der Waals surface area contributed by atoms with Crippen molar-refractivity contribution in [3.05, 3.63) is 0 Å². The Balaban J connectivity index is 3.10. The predicted octanol–water partition coefficient (Wildman–Crippen LogP) is 1.17. The highest BCUT2D eigenvalue weighted by Crippen LogP contribution is 1.91. The zero-order valence-corrected chi connectivity index (χ0v) is 4.02. The molecule has 38 valence electrons. The van der Waals surface area contributed by atoms with Gasteiger partial charge in [0.1, 0.15) is 0 Å². The Kier molecular flexibility index (Phi) is 1.59. The summed E-state index contributed by atoms with van der Waals surface area (Å²) in [6.07, 6.45) is 0.472. The van der Waals surface area contributed by atoms with Crippen LogP contribution in [-0.2, 0) is 0 Å². The summed E-state index contributed by atoms with van der Waals surface area (Å²) in [6.45, 7) is 0.970. The van der Waals surface area contributed by atoms with Crippen LogP contribution in [0.4, 0.5) is 0 Å². The van der Waals surface area contributed by atoms with Gasteiger partial charge in [-0.3, -0.25) is 0 Å². The zero-order chi connectivity index (χ0) is 6.57. The Morgan fingerprint density at radius 2 is 2.83 bits per heavy atom. The third kappa shape index (κ3) is 2.21. The van der Waals surface area contributed by atoms with Crippen molar-refractivity contribution in [1.82, 2.24) is 0 Å². The van der Waals surface area contributed by atoms with Gasteiger partial charge in [0.2, 0.25) is 0 Å². The van der Waals surface area contributed by atoms with Gasteiger partial charge in [0.05, 0.1) is 6.10 Å². The van der Waals surface area contributed by atoms with Crippen molar-refractivity contribution < 1.29 is 7.85 Å². The van der Waals surface area contributed by atoms with Gasteiger partial charge in [-0.1, -0.05) is 13.8 Å². The van der Waals surface area contributed by atoms with E-state index >= 15 is 0 Å². The lowest BCUT2D eigenvalue weighted by molar-refractivity contribution is 0.166. The van der Waals surface area contributed by atoms with E-state index in [2.05, 4.69) is 0 Å². The summed E-state index contributed by atoms with van der Waals surface area (Å²) in [4.78, 5) is 0. The summed E-state index contributed by atoms with van der Waals surface area (Å²) in [6, 6.07) is 0. The molecule has 6 heavy (non-hydrogen) atoms. The van der Waals surface area contributed by atoms with Gasteiger partial charge in [-0.2, -0.15) is 0 Å². The van der Waals surface area contributed by atoms with E-state index in [0.29, 0.717) is 6.42 Å². The average Bonchev–Trinajstić information content (AvgIpc) is 1.65. The number of aliphatic hydroxyl groups excluding tert-OH is 1. The molecule has 0 fully saturated rings. The highest BCUT2D eigenvalue weighted by molar-refractivity contribution is 4.43. The first-order valence-electron chi connectivity index (χ1n) is 3.34. The maximum absolute atomic E-state index is 8.79. The summed E-state index contributed by atoms with van der Waals surface area (Å²) < 4.78 is 13.4. The Morgan fingerprint density at radius 3 is 3.00 bits per heavy atom. The van der Waals surface area contributed by atoms with Crippen LogP contribution in [0.15, 0.2) is 0 Å². The number of rotatable bonds is 2. The fourth-order valence-corrected chi connectivity index (χ4v) is 0.167. The normalized spacial score (nSPS) is 24.3. The lowest BCUT2D eigenvalue weighted by Gasteiger charge is -1.98. The molecule has 0 aliphatic heterocycles. The summed E-state index contributed by atoms with van der Waals surface area (Å²) in [5, 5.41) is 8.79. The van der Waals surface area contributed by atoms with E-state index in [-0.39, 0.29) is 6.42 Å². The molecule has 0 aromatic carbocycles. The lowest BCUT2D eigenvalue weighted by atomic mass is 10.2. The van der Waals surface area contributed by atoms with Crippen molar-refractivity contribution in [3.63, 3.8) is 0 Å². The number of aliphatic hydroxyl groups is 1. The third-order valence-corrected chi connectivity index (χ3v) is 0.743. The molecule has 2 unspecified atom stereocenters. The molecule has 0 aliphatic rings. The van der Waals surface area contributed by atoms with Gasteiger partial charge in [0.25, 0.3) is 0 Å². The molecule has 0 heterocycles. The van der Waals surface area contributed by atoms with Gasteiger partial charge in [-0.25, -0.2) is 0 Å².